The number of methoxy groups -OCH3 is 1. The van der Waals surface area contributed by atoms with Crippen LogP contribution in [0.2, 0.25) is 0 Å². The second-order valence-corrected chi connectivity index (χ2v) is 13.6. The molecule has 0 aliphatic heterocycles. The molecule has 1 atom stereocenters. The highest BCUT2D eigenvalue weighted by Gasteiger charge is 2.35. The van der Waals surface area contributed by atoms with Gasteiger partial charge < -0.3 is 4.74 Å². The topological polar surface area (TPSA) is 9.23 Å². The molecule has 44 heavy (non-hydrogen) atoms. The van der Waals surface area contributed by atoms with E-state index >= 15 is 8.78 Å². The van der Waals surface area contributed by atoms with Crippen molar-refractivity contribution >= 4 is 0 Å². The van der Waals surface area contributed by atoms with Gasteiger partial charge >= 0.3 is 0 Å². The number of allylic oxidation sites excluding steroid dienone is 1. The maximum absolute atomic E-state index is 15.4. The fourth-order valence-electron chi connectivity index (χ4n) is 8.06. The van der Waals surface area contributed by atoms with Gasteiger partial charge in [0.2, 0.25) is 0 Å². The van der Waals surface area contributed by atoms with E-state index in [-0.39, 0.29) is 41.0 Å². The highest BCUT2D eigenvalue weighted by atomic mass is 19.2. The Kier molecular flexibility index (Phi) is 13.3. The first-order valence-corrected chi connectivity index (χ1v) is 16.9. The van der Waals surface area contributed by atoms with E-state index in [4.69, 9.17) is 4.74 Å². The molecule has 0 spiro atoms. The van der Waals surface area contributed by atoms with Crippen LogP contribution < -0.4 is 0 Å². The molecule has 244 valence electrons. The molecule has 0 saturated heterocycles. The second-order valence-electron chi connectivity index (χ2n) is 13.6. The predicted molar refractivity (Wildman–Crippen MR) is 169 cm³/mol. The lowest BCUT2D eigenvalue weighted by Crippen LogP contribution is -2.28. The van der Waals surface area contributed by atoms with E-state index in [1.54, 1.807) is 7.11 Å². The molecular formula is C38H51F5O. The minimum absolute atomic E-state index is 0.00988. The van der Waals surface area contributed by atoms with Crippen LogP contribution in [-0.4, -0.2) is 20.4 Å². The first kappa shape index (κ1) is 34.7. The van der Waals surface area contributed by atoms with Crippen molar-refractivity contribution in [1.29, 1.82) is 0 Å². The number of aryl methyl sites for hydroxylation is 1. The fourth-order valence-corrected chi connectivity index (χ4v) is 8.06. The summed E-state index contributed by atoms with van der Waals surface area (Å²) in [6, 6.07) is 5.07. The van der Waals surface area contributed by atoms with Gasteiger partial charge in [-0.3, -0.25) is 4.39 Å². The fraction of sp³-hybridized carbons (Fsp3) is 0.632. The zero-order valence-corrected chi connectivity index (χ0v) is 26.7. The van der Waals surface area contributed by atoms with Crippen LogP contribution in [0.25, 0.3) is 11.1 Å². The summed E-state index contributed by atoms with van der Waals surface area (Å²) in [7, 11) is 1.78. The van der Waals surface area contributed by atoms with Gasteiger partial charge in [-0.2, -0.15) is 0 Å². The minimum atomic E-state index is -1.12. The van der Waals surface area contributed by atoms with Crippen molar-refractivity contribution in [2.45, 2.75) is 109 Å². The number of rotatable bonds is 15. The van der Waals surface area contributed by atoms with Gasteiger partial charge in [0.1, 0.15) is 11.6 Å². The molecule has 0 radical (unpaired) electrons. The van der Waals surface area contributed by atoms with Crippen LogP contribution >= 0.6 is 0 Å². The monoisotopic (exact) mass is 618 g/mol. The molecule has 1 nitrogen and oxygen atoms in total. The van der Waals surface area contributed by atoms with Crippen molar-refractivity contribution in [3.8, 4) is 11.1 Å². The third-order valence-corrected chi connectivity index (χ3v) is 10.6. The van der Waals surface area contributed by atoms with E-state index in [0.29, 0.717) is 24.2 Å². The zero-order chi connectivity index (χ0) is 31.6. The smallest absolute Gasteiger partial charge is 0.166 e. The summed E-state index contributed by atoms with van der Waals surface area (Å²) in [5, 5.41) is 0. The maximum Gasteiger partial charge on any atom is 0.166 e. The molecule has 2 fully saturated rings. The molecule has 6 heteroatoms. The quantitative estimate of drug-likeness (QED) is 0.110. The molecule has 2 aliphatic carbocycles. The van der Waals surface area contributed by atoms with Gasteiger partial charge in [0.05, 0.1) is 6.67 Å². The molecule has 2 saturated carbocycles. The number of benzene rings is 2. The second kappa shape index (κ2) is 16.9. The minimum Gasteiger partial charge on any atom is -0.385 e. The van der Waals surface area contributed by atoms with Gasteiger partial charge in [-0.25, -0.2) is 17.6 Å². The lowest BCUT2D eigenvalue weighted by atomic mass is 9.66. The summed E-state index contributed by atoms with van der Waals surface area (Å²) in [5.74, 6) is -1.01. The molecular weight excluding hydrogens is 567 g/mol. The zero-order valence-electron chi connectivity index (χ0n) is 26.7. The Morgan fingerprint density at radius 2 is 1.48 bits per heavy atom. The molecule has 2 aliphatic rings. The summed E-state index contributed by atoms with van der Waals surface area (Å²) < 4.78 is 78.1. The first-order valence-electron chi connectivity index (χ1n) is 16.9. The number of unbranched alkanes of at least 4 members (excludes halogenated alkanes) is 1. The van der Waals surface area contributed by atoms with Crippen molar-refractivity contribution in [2.24, 2.45) is 23.7 Å². The SMILES string of the molecule is C=C(C)CCCC(CCOC)C1CCC(C2CCC(c3c(F)cc(-c4ccc(CCCCF)c(F)c4F)cc3F)CC2)CC1. The summed E-state index contributed by atoms with van der Waals surface area (Å²) in [4.78, 5) is 0. The molecule has 1 unspecified atom stereocenters. The molecule has 4 rings (SSSR count). The largest absolute Gasteiger partial charge is 0.385 e. The number of ether oxygens (including phenoxy) is 1. The molecule has 0 N–H and O–H groups in total. The highest BCUT2D eigenvalue weighted by molar-refractivity contribution is 5.65. The van der Waals surface area contributed by atoms with Crippen LogP contribution in [0.4, 0.5) is 22.0 Å². The van der Waals surface area contributed by atoms with Crippen LogP contribution in [0.5, 0.6) is 0 Å². The van der Waals surface area contributed by atoms with E-state index < -0.39 is 29.9 Å². The van der Waals surface area contributed by atoms with Crippen molar-refractivity contribution < 1.29 is 26.7 Å². The molecule has 2 aromatic carbocycles. The Morgan fingerprint density at radius 1 is 0.841 bits per heavy atom. The van der Waals surface area contributed by atoms with Crippen LogP contribution in [0.15, 0.2) is 36.4 Å². The van der Waals surface area contributed by atoms with Crippen molar-refractivity contribution in [2.75, 3.05) is 20.4 Å². The predicted octanol–water partition coefficient (Wildman–Crippen LogP) is 11.7. The normalized spacial score (nSPS) is 23.1. The van der Waals surface area contributed by atoms with Gasteiger partial charge in [-0.15, -0.1) is 6.58 Å². The summed E-state index contributed by atoms with van der Waals surface area (Å²) in [5.41, 5.74) is 1.30. The van der Waals surface area contributed by atoms with Gasteiger partial charge in [-0.1, -0.05) is 17.7 Å². The Bertz CT molecular complexity index is 1190. The van der Waals surface area contributed by atoms with Crippen molar-refractivity contribution in [3.63, 3.8) is 0 Å². The average Bonchev–Trinajstić information content (AvgIpc) is 3.01. The standard InChI is InChI=1S/C38H51F5O/c1-25(2)7-6-9-26(20-22-44-3)27-10-12-28(13-11-27)29-14-16-30(17-15-29)36-34(40)23-32(24-35(36)41)33-19-18-31(8-4-5-21-39)37(42)38(33)43/h18-19,23-24,26-30H,1,4-17,20-22H2,2-3H3. The van der Waals surface area contributed by atoms with Gasteiger partial charge in [-0.05, 0) is 156 Å². The number of hydrogen-bond donors (Lipinski definition) is 0. The molecule has 2 aromatic rings. The molecule has 0 heterocycles. The van der Waals surface area contributed by atoms with Crippen molar-refractivity contribution in [3.05, 3.63) is 70.8 Å². The van der Waals surface area contributed by atoms with E-state index in [9.17, 15) is 13.2 Å². The lowest BCUT2D eigenvalue weighted by molar-refractivity contribution is 0.106. The third kappa shape index (κ3) is 8.95. The van der Waals surface area contributed by atoms with E-state index in [1.165, 1.54) is 56.2 Å². The van der Waals surface area contributed by atoms with Crippen LogP contribution in [0.1, 0.15) is 114 Å². The molecule has 0 aromatic heterocycles. The first-order chi connectivity index (χ1) is 21.2. The van der Waals surface area contributed by atoms with Gasteiger partial charge in [0.25, 0.3) is 0 Å². The van der Waals surface area contributed by atoms with Crippen LogP contribution in [-0.2, 0) is 11.2 Å². The highest BCUT2D eigenvalue weighted by Crippen LogP contribution is 2.47. The summed E-state index contributed by atoms with van der Waals surface area (Å²) in [6.45, 7) is 6.46. The third-order valence-electron chi connectivity index (χ3n) is 10.6. The van der Waals surface area contributed by atoms with E-state index in [0.717, 1.165) is 63.2 Å². The number of alkyl halides is 1. The Hall–Kier alpha value is -2.21. The number of hydrogen-bond acceptors (Lipinski definition) is 1. The Balaban J connectivity index is 1.33. The average molecular weight is 619 g/mol. The van der Waals surface area contributed by atoms with Gasteiger partial charge in [0, 0.05) is 24.8 Å². The lowest BCUT2D eigenvalue weighted by Gasteiger charge is -2.40. The van der Waals surface area contributed by atoms with Crippen molar-refractivity contribution in [1.82, 2.24) is 0 Å². The van der Waals surface area contributed by atoms with Crippen LogP contribution in [0.3, 0.4) is 0 Å². The van der Waals surface area contributed by atoms with E-state index in [1.807, 2.05) is 0 Å². The Morgan fingerprint density at radius 3 is 2.07 bits per heavy atom. The Labute approximate surface area is 261 Å². The summed E-state index contributed by atoms with van der Waals surface area (Å²) in [6.07, 6.45) is 13.9. The van der Waals surface area contributed by atoms with Crippen LogP contribution in [0, 0.1) is 46.9 Å². The molecule has 0 bridgehead atoms. The summed E-state index contributed by atoms with van der Waals surface area (Å²) >= 11 is 0. The van der Waals surface area contributed by atoms with Gasteiger partial charge in [0.15, 0.2) is 11.6 Å². The van der Waals surface area contributed by atoms with E-state index in [2.05, 4.69) is 13.5 Å². The number of halogens is 5. The maximum atomic E-state index is 15.4. The molecule has 0 amide bonds.